The average Bonchev–Trinajstić information content (AvgIpc) is 2.39. The van der Waals surface area contributed by atoms with Crippen LogP contribution in [0, 0.1) is 0 Å². The Labute approximate surface area is 118 Å². The van der Waals surface area contributed by atoms with Crippen molar-refractivity contribution in [3.8, 4) is 0 Å². The Hall–Kier alpha value is 0.0269. The van der Waals surface area contributed by atoms with Crippen molar-refractivity contribution in [3.63, 3.8) is 0 Å². The van der Waals surface area contributed by atoms with Gasteiger partial charge in [0.2, 0.25) is 0 Å². The molecule has 0 bridgehead atoms. The van der Waals surface area contributed by atoms with Crippen LogP contribution in [0.4, 0.5) is 0 Å². The molecular formula is C13H28O3SSi. The first-order valence-corrected chi connectivity index (χ1v) is 9.94. The van der Waals surface area contributed by atoms with Gasteiger partial charge in [-0.25, -0.2) is 0 Å². The van der Waals surface area contributed by atoms with Crippen LogP contribution in [0.1, 0.15) is 46.5 Å². The van der Waals surface area contributed by atoms with Gasteiger partial charge in [-0.1, -0.05) is 20.8 Å². The van der Waals surface area contributed by atoms with Gasteiger partial charge in [-0.2, -0.15) is 0 Å². The van der Waals surface area contributed by atoms with E-state index in [1.165, 1.54) is 0 Å². The monoisotopic (exact) mass is 292 g/mol. The summed E-state index contributed by atoms with van der Waals surface area (Å²) >= 11 is 5.03. The molecule has 0 atom stereocenters. The normalized spacial score (nSPS) is 11.6. The van der Waals surface area contributed by atoms with Crippen LogP contribution in [-0.2, 0) is 13.6 Å². The van der Waals surface area contributed by atoms with Crippen molar-refractivity contribution in [3.05, 3.63) is 0 Å². The van der Waals surface area contributed by atoms with Crippen molar-refractivity contribution >= 4 is 25.8 Å². The largest absolute Gasteiger partial charge is 0.487 e. The van der Waals surface area contributed by atoms with Gasteiger partial charge in [0.25, 0.3) is 0 Å². The topological polar surface area (TPSA) is 27.7 Å². The van der Waals surface area contributed by atoms with Crippen molar-refractivity contribution in [2.45, 2.75) is 59.0 Å². The minimum Gasteiger partial charge on any atom is -0.487 e. The molecule has 108 valence electrons. The second kappa shape index (κ2) is 10.9. The molecule has 0 saturated heterocycles. The minimum atomic E-state index is -2.00. The van der Waals surface area contributed by atoms with Crippen molar-refractivity contribution in [2.75, 3.05) is 19.8 Å². The maximum absolute atomic E-state index is 5.94. The van der Waals surface area contributed by atoms with Gasteiger partial charge < -0.3 is 13.6 Å². The molecule has 0 aliphatic carbocycles. The molecule has 0 aromatic carbocycles. The third kappa shape index (κ3) is 9.02. The molecular weight excluding hydrogens is 264 g/mol. The lowest BCUT2D eigenvalue weighted by molar-refractivity contribution is 0.170. The second-order valence-electron chi connectivity index (χ2n) is 4.51. The summed E-state index contributed by atoms with van der Waals surface area (Å²) in [6.45, 7) is 10.7. The SMILES string of the molecule is CCCO[Si](C)(CCCOC(=S)CC)OCCC. The van der Waals surface area contributed by atoms with Gasteiger partial charge in [-0.3, -0.25) is 0 Å². The molecule has 0 N–H and O–H groups in total. The van der Waals surface area contributed by atoms with E-state index in [4.69, 9.17) is 25.8 Å². The quantitative estimate of drug-likeness (QED) is 0.326. The van der Waals surface area contributed by atoms with Gasteiger partial charge in [0.05, 0.1) is 6.61 Å². The van der Waals surface area contributed by atoms with E-state index in [-0.39, 0.29) is 0 Å². The van der Waals surface area contributed by atoms with E-state index in [0.717, 1.165) is 44.9 Å². The Bertz CT molecular complexity index is 216. The van der Waals surface area contributed by atoms with E-state index in [1.54, 1.807) is 0 Å². The number of thiocarbonyl (C=S) groups is 1. The van der Waals surface area contributed by atoms with Crippen LogP contribution in [0.15, 0.2) is 0 Å². The molecule has 18 heavy (non-hydrogen) atoms. The first-order valence-electron chi connectivity index (χ1n) is 7.01. The smallest absolute Gasteiger partial charge is 0.335 e. The van der Waals surface area contributed by atoms with Crippen LogP contribution in [0.25, 0.3) is 0 Å². The molecule has 0 fully saturated rings. The Morgan fingerprint density at radius 1 is 1.00 bits per heavy atom. The summed E-state index contributed by atoms with van der Waals surface area (Å²) in [6.07, 6.45) is 3.84. The first-order chi connectivity index (χ1) is 8.58. The molecule has 0 radical (unpaired) electrons. The highest BCUT2D eigenvalue weighted by Gasteiger charge is 2.30. The minimum absolute atomic E-state index is 0.681. The van der Waals surface area contributed by atoms with Crippen molar-refractivity contribution in [1.29, 1.82) is 0 Å². The van der Waals surface area contributed by atoms with Crippen LogP contribution < -0.4 is 0 Å². The molecule has 5 heteroatoms. The van der Waals surface area contributed by atoms with Gasteiger partial charge in [-0.05, 0) is 44.1 Å². The molecule has 0 aliphatic heterocycles. The summed E-state index contributed by atoms with van der Waals surface area (Å²) in [5, 5.41) is 0.697. The molecule has 0 aromatic heterocycles. The van der Waals surface area contributed by atoms with Gasteiger partial charge in [0, 0.05) is 19.6 Å². The van der Waals surface area contributed by atoms with Crippen LogP contribution >= 0.6 is 12.2 Å². The predicted molar refractivity (Wildman–Crippen MR) is 82.4 cm³/mol. The zero-order chi connectivity index (χ0) is 13.9. The third-order valence-electron chi connectivity index (χ3n) is 2.55. The van der Waals surface area contributed by atoms with E-state index >= 15 is 0 Å². The Balaban J connectivity index is 3.95. The fourth-order valence-corrected chi connectivity index (χ4v) is 4.02. The summed E-state index contributed by atoms with van der Waals surface area (Å²) < 4.78 is 17.3. The third-order valence-corrected chi connectivity index (χ3v) is 5.85. The van der Waals surface area contributed by atoms with Crippen molar-refractivity contribution < 1.29 is 13.6 Å². The van der Waals surface area contributed by atoms with Crippen LogP contribution in [-0.4, -0.2) is 33.4 Å². The van der Waals surface area contributed by atoms with Crippen LogP contribution in [0.5, 0.6) is 0 Å². The van der Waals surface area contributed by atoms with Crippen LogP contribution in [0.2, 0.25) is 12.6 Å². The molecule has 0 aromatic rings. The van der Waals surface area contributed by atoms with Gasteiger partial charge in [0.1, 0.15) is 0 Å². The highest BCUT2D eigenvalue weighted by Crippen LogP contribution is 2.17. The van der Waals surface area contributed by atoms with E-state index < -0.39 is 8.56 Å². The maximum atomic E-state index is 5.94. The molecule has 0 aliphatic rings. The van der Waals surface area contributed by atoms with Gasteiger partial charge in [-0.15, -0.1) is 0 Å². The number of rotatable bonds is 11. The molecule has 0 spiro atoms. The lowest BCUT2D eigenvalue weighted by atomic mass is 10.5. The summed E-state index contributed by atoms with van der Waals surface area (Å²) in [5.41, 5.74) is 0. The van der Waals surface area contributed by atoms with E-state index in [2.05, 4.69) is 20.4 Å². The van der Waals surface area contributed by atoms with E-state index in [0.29, 0.717) is 11.7 Å². The first kappa shape index (κ1) is 18.0. The maximum Gasteiger partial charge on any atom is 0.335 e. The summed E-state index contributed by atoms with van der Waals surface area (Å²) in [6, 6.07) is 0.972. The van der Waals surface area contributed by atoms with Gasteiger partial charge >= 0.3 is 8.56 Å². The number of hydrogen-bond acceptors (Lipinski definition) is 4. The fraction of sp³-hybridized carbons (Fsp3) is 0.923. The predicted octanol–water partition coefficient (Wildman–Crippen LogP) is 4.06. The average molecular weight is 293 g/mol. The van der Waals surface area contributed by atoms with E-state index in [1.807, 2.05) is 6.92 Å². The lowest BCUT2D eigenvalue weighted by Crippen LogP contribution is -2.39. The second-order valence-corrected chi connectivity index (χ2v) is 8.31. The van der Waals surface area contributed by atoms with Crippen molar-refractivity contribution in [1.82, 2.24) is 0 Å². The zero-order valence-corrected chi connectivity index (χ0v) is 14.1. The fourth-order valence-electron chi connectivity index (χ4n) is 1.50. The summed E-state index contributed by atoms with van der Waals surface area (Å²) in [5.74, 6) is 0. The molecule has 3 nitrogen and oxygen atoms in total. The molecule has 0 saturated carbocycles. The summed E-state index contributed by atoms with van der Waals surface area (Å²) in [4.78, 5) is 0. The molecule has 0 rings (SSSR count). The number of ether oxygens (including phenoxy) is 1. The zero-order valence-electron chi connectivity index (χ0n) is 12.3. The van der Waals surface area contributed by atoms with E-state index in [9.17, 15) is 0 Å². The van der Waals surface area contributed by atoms with Gasteiger partial charge in [0.15, 0.2) is 5.05 Å². The standard InChI is InChI=1S/C13H28O3SSi/c1-5-9-15-18(4,16-10-6-2)12-8-11-14-13(17)7-3/h5-12H2,1-4H3. The molecule has 0 amide bonds. The summed E-state index contributed by atoms with van der Waals surface area (Å²) in [7, 11) is -2.00. The highest BCUT2D eigenvalue weighted by atomic mass is 32.1. The Morgan fingerprint density at radius 3 is 2.00 bits per heavy atom. The number of hydrogen-bond donors (Lipinski definition) is 0. The molecule has 0 heterocycles. The Morgan fingerprint density at radius 2 is 1.56 bits per heavy atom. The van der Waals surface area contributed by atoms with Crippen molar-refractivity contribution in [2.24, 2.45) is 0 Å². The van der Waals surface area contributed by atoms with Crippen LogP contribution in [0.3, 0.4) is 0 Å². The Kier molecular flexibility index (Phi) is 10.9. The highest BCUT2D eigenvalue weighted by molar-refractivity contribution is 7.80. The lowest BCUT2D eigenvalue weighted by Gasteiger charge is -2.26. The molecule has 0 unspecified atom stereocenters.